The van der Waals surface area contributed by atoms with Gasteiger partial charge < -0.3 is 10.0 Å². The molecule has 3 nitrogen and oxygen atoms in total. The first-order valence-corrected chi connectivity index (χ1v) is 6.32. The first kappa shape index (κ1) is 12.0. The van der Waals surface area contributed by atoms with E-state index in [9.17, 15) is 9.90 Å². The molecule has 1 N–H and O–H groups in total. The molecule has 0 aliphatic carbocycles. The molecule has 0 saturated carbocycles. The Balaban J connectivity index is 2.18. The number of aromatic hydroxyl groups is 1. The van der Waals surface area contributed by atoms with Gasteiger partial charge in [0, 0.05) is 18.2 Å². The highest BCUT2D eigenvalue weighted by Crippen LogP contribution is 2.22. The number of phenols is 1. The summed E-state index contributed by atoms with van der Waals surface area (Å²) in [6.07, 6.45) is 4.40. The lowest BCUT2D eigenvalue weighted by molar-refractivity contribution is 0.0607. The number of benzene rings is 1. The highest BCUT2D eigenvalue weighted by Gasteiger charge is 2.26. The molecule has 92 valence electrons. The minimum Gasteiger partial charge on any atom is -0.508 e. The summed E-state index contributed by atoms with van der Waals surface area (Å²) in [5, 5.41) is 9.41. The maximum Gasteiger partial charge on any atom is 0.254 e. The molecule has 17 heavy (non-hydrogen) atoms. The minimum atomic E-state index is 0.0486. The van der Waals surface area contributed by atoms with Crippen LogP contribution in [0.2, 0.25) is 0 Å². The Morgan fingerprint density at radius 3 is 3.00 bits per heavy atom. The van der Waals surface area contributed by atoms with Gasteiger partial charge in [-0.15, -0.1) is 0 Å². The van der Waals surface area contributed by atoms with Crippen molar-refractivity contribution in [3.05, 3.63) is 29.8 Å². The van der Waals surface area contributed by atoms with E-state index in [1.807, 2.05) is 4.90 Å². The zero-order chi connectivity index (χ0) is 12.3. The lowest BCUT2D eigenvalue weighted by Crippen LogP contribution is -2.43. The molecule has 1 aromatic carbocycles. The van der Waals surface area contributed by atoms with Crippen LogP contribution < -0.4 is 0 Å². The predicted octanol–water partition coefficient (Wildman–Crippen LogP) is 2.80. The summed E-state index contributed by atoms with van der Waals surface area (Å²) in [4.78, 5) is 14.3. The number of likely N-dealkylation sites (tertiary alicyclic amines) is 1. The Bertz CT molecular complexity index is 403. The molecule has 1 aliphatic rings. The number of piperidine rings is 1. The molecule has 1 aromatic rings. The summed E-state index contributed by atoms with van der Waals surface area (Å²) in [6.45, 7) is 2.96. The van der Waals surface area contributed by atoms with Crippen LogP contribution in [0.15, 0.2) is 24.3 Å². The van der Waals surface area contributed by atoms with Gasteiger partial charge in [0.2, 0.25) is 0 Å². The fraction of sp³-hybridized carbons (Fsp3) is 0.500. The molecule has 0 spiro atoms. The van der Waals surface area contributed by atoms with Crippen molar-refractivity contribution >= 4 is 5.91 Å². The molecule has 3 heteroatoms. The van der Waals surface area contributed by atoms with E-state index < -0.39 is 0 Å². The van der Waals surface area contributed by atoms with Gasteiger partial charge in [0.15, 0.2) is 0 Å². The van der Waals surface area contributed by atoms with Crippen LogP contribution >= 0.6 is 0 Å². The topological polar surface area (TPSA) is 40.5 Å². The number of rotatable bonds is 2. The number of phenolic OH excluding ortho intramolecular Hbond substituents is 1. The number of hydrogen-bond acceptors (Lipinski definition) is 2. The maximum absolute atomic E-state index is 12.3. The summed E-state index contributed by atoms with van der Waals surface area (Å²) >= 11 is 0. The second kappa shape index (κ2) is 5.21. The first-order valence-electron chi connectivity index (χ1n) is 6.32. The van der Waals surface area contributed by atoms with Crippen molar-refractivity contribution in [2.45, 2.75) is 38.6 Å². The van der Waals surface area contributed by atoms with Crippen LogP contribution in [0.5, 0.6) is 5.75 Å². The van der Waals surface area contributed by atoms with Crippen molar-refractivity contribution < 1.29 is 9.90 Å². The number of amides is 1. The van der Waals surface area contributed by atoms with E-state index in [0.29, 0.717) is 11.6 Å². The van der Waals surface area contributed by atoms with E-state index in [2.05, 4.69) is 6.92 Å². The van der Waals surface area contributed by atoms with E-state index in [1.54, 1.807) is 24.3 Å². The van der Waals surface area contributed by atoms with Gasteiger partial charge in [0.1, 0.15) is 5.75 Å². The van der Waals surface area contributed by atoms with Crippen LogP contribution in [-0.4, -0.2) is 28.5 Å². The van der Waals surface area contributed by atoms with E-state index >= 15 is 0 Å². The van der Waals surface area contributed by atoms with Crippen molar-refractivity contribution in [2.24, 2.45) is 0 Å². The van der Waals surface area contributed by atoms with E-state index in [1.165, 1.54) is 6.42 Å². The minimum absolute atomic E-state index is 0.0486. The second-order valence-electron chi connectivity index (χ2n) is 4.61. The van der Waals surface area contributed by atoms with Gasteiger partial charge in [-0.1, -0.05) is 13.0 Å². The quantitative estimate of drug-likeness (QED) is 0.853. The monoisotopic (exact) mass is 233 g/mol. The Morgan fingerprint density at radius 2 is 2.29 bits per heavy atom. The third kappa shape index (κ3) is 2.60. The third-order valence-corrected chi connectivity index (χ3v) is 3.45. The summed E-state index contributed by atoms with van der Waals surface area (Å²) in [5.41, 5.74) is 0.588. The Hall–Kier alpha value is -1.51. The third-order valence-electron chi connectivity index (χ3n) is 3.45. The van der Waals surface area contributed by atoms with Crippen molar-refractivity contribution in [1.82, 2.24) is 4.90 Å². The van der Waals surface area contributed by atoms with Crippen LogP contribution in [0.25, 0.3) is 0 Å². The van der Waals surface area contributed by atoms with Gasteiger partial charge in [-0.2, -0.15) is 0 Å². The molecule has 1 heterocycles. The Morgan fingerprint density at radius 1 is 1.47 bits per heavy atom. The Kier molecular flexibility index (Phi) is 3.67. The molecule has 0 radical (unpaired) electrons. The predicted molar refractivity (Wildman–Crippen MR) is 67.1 cm³/mol. The maximum atomic E-state index is 12.3. The van der Waals surface area contributed by atoms with E-state index in [4.69, 9.17) is 0 Å². The molecule has 1 unspecified atom stereocenters. The number of hydrogen-bond donors (Lipinski definition) is 1. The fourth-order valence-corrected chi connectivity index (χ4v) is 2.50. The zero-order valence-corrected chi connectivity index (χ0v) is 10.2. The van der Waals surface area contributed by atoms with Crippen LogP contribution in [0, 0.1) is 0 Å². The standard InChI is InChI=1S/C14H19NO2/c1-2-12-7-3-4-9-15(12)14(17)11-6-5-8-13(16)10-11/h5-6,8,10,12,16H,2-4,7,9H2,1H3. The molecular formula is C14H19NO2. The molecule has 1 fully saturated rings. The zero-order valence-electron chi connectivity index (χ0n) is 10.2. The molecule has 2 rings (SSSR count). The van der Waals surface area contributed by atoms with Crippen molar-refractivity contribution in [3.63, 3.8) is 0 Å². The molecule has 1 atom stereocenters. The van der Waals surface area contributed by atoms with Gasteiger partial charge >= 0.3 is 0 Å². The van der Waals surface area contributed by atoms with Crippen molar-refractivity contribution in [1.29, 1.82) is 0 Å². The number of nitrogens with zero attached hydrogens (tertiary/aromatic N) is 1. The van der Waals surface area contributed by atoms with Gasteiger partial charge in [-0.25, -0.2) is 0 Å². The van der Waals surface area contributed by atoms with E-state index in [-0.39, 0.29) is 11.7 Å². The summed E-state index contributed by atoms with van der Waals surface area (Å²) in [6, 6.07) is 6.98. The van der Waals surface area contributed by atoms with Crippen LogP contribution in [0.1, 0.15) is 43.0 Å². The summed E-state index contributed by atoms with van der Waals surface area (Å²) < 4.78 is 0. The number of carbonyl (C=O) groups is 1. The van der Waals surface area contributed by atoms with Gasteiger partial charge in [0.25, 0.3) is 5.91 Å². The smallest absolute Gasteiger partial charge is 0.254 e. The normalized spacial score (nSPS) is 20.3. The highest BCUT2D eigenvalue weighted by molar-refractivity contribution is 5.94. The van der Waals surface area contributed by atoms with Crippen LogP contribution in [-0.2, 0) is 0 Å². The average molecular weight is 233 g/mol. The van der Waals surface area contributed by atoms with Crippen molar-refractivity contribution in [2.75, 3.05) is 6.54 Å². The fourth-order valence-electron chi connectivity index (χ4n) is 2.50. The highest BCUT2D eigenvalue weighted by atomic mass is 16.3. The van der Waals surface area contributed by atoms with Gasteiger partial charge in [0.05, 0.1) is 0 Å². The van der Waals surface area contributed by atoms with Gasteiger partial charge in [-0.3, -0.25) is 4.79 Å². The van der Waals surface area contributed by atoms with Crippen molar-refractivity contribution in [3.8, 4) is 5.75 Å². The molecule has 1 amide bonds. The molecule has 1 saturated heterocycles. The second-order valence-corrected chi connectivity index (χ2v) is 4.61. The lowest BCUT2D eigenvalue weighted by Gasteiger charge is -2.35. The number of carbonyl (C=O) groups excluding carboxylic acids is 1. The lowest BCUT2D eigenvalue weighted by atomic mass is 9.99. The molecule has 0 aromatic heterocycles. The summed E-state index contributed by atoms with van der Waals surface area (Å²) in [5.74, 6) is 0.202. The van der Waals surface area contributed by atoms with Gasteiger partial charge in [-0.05, 0) is 43.9 Å². The molecule has 1 aliphatic heterocycles. The Labute approximate surface area is 102 Å². The SMILES string of the molecule is CCC1CCCCN1C(=O)c1cccc(O)c1. The molecular weight excluding hydrogens is 214 g/mol. The largest absolute Gasteiger partial charge is 0.508 e. The van der Waals surface area contributed by atoms with Crippen LogP contribution in [0.4, 0.5) is 0 Å². The van der Waals surface area contributed by atoms with E-state index in [0.717, 1.165) is 25.8 Å². The first-order chi connectivity index (χ1) is 8.22. The molecule has 0 bridgehead atoms. The summed E-state index contributed by atoms with van der Waals surface area (Å²) in [7, 11) is 0. The average Bonchev–Trinajstić information content (AvgIpc) is 2.38. The van der Waals surface area contributed by atoms with Crippen LogP contribution in [0.3, 0.4) is 0 Å².